The molecular formula is C16H21NO4. The van der Waals surface area contributed by atoms with Gasteiger partial charge in [0.1, 0.15) is 6.61 Å². The van der Waals surface area contributed by atoms with Crippen LogP contribution in [0.25, 0.3) is 0 Å². The van der Waals surface area contributed by atoms with Gasteiger partial charge in [0, 0.05) is 12.6 Å². The van der Waals surface area contributed by atoms with E-state index in [0.29, 0.717) is 6.54 Å². The topological polar surface area (TPSA) is 55.8 Å². The standard InChI is InChI=1S/C16H21NO4/c1-20-15(18)11-14-9-5-6-10-17(14)16(19)21-12-13-7-3-2-4-8-13/h2-4,7-8,14H,5-6,9-12H2,1H3. The third-order valence-corrected chi connectivity index (χ3v) is 3.70. The Kier molecular flexibility index (Phi) is 5.60. The molecule has 0 radical (unpaired) electrons. The number of benzene rings is 1. The number of carbonyl (C=O) groups excluding carboxylic acids is 2. The number of nitrogens with zero attached hydrogens (tertiary/aromatic N) is 1. The Morgan fingerprint density at radius 1 is 1.24 bits per heavy atom. The number of methoxy groups -OCH3 is 1. The highest BCUT2D eigenvalue weighted by molar-refractivity contribution is 5.73. The second kappa shape index (κ2) is 7.67. The van der Waals surface area contributed by atoms with E-state index in [4.69, 9.17) is 9.47 Å². The van der Waals surface area contributed by atoms with E-state index >= 15 is 0 Å². The molecule has 0 N–H and O–H groups in total. The molecule has 1 aliphatic rings. The number of rotatable bonds is 4. The summed E-state index contributed by atoms with van der Waals surface area (Å²) in [5, 5.41) is 0. The molecule has 5 nitrogen and oxygen atoms in total. The summed E-state index contributed by atoms with van der Waals surface area (Å²) in [7, 11) is 1.36. The van der Waals surface area contributed by atoms with Gasteiger partial charge in [0.05, 0.1) is 13.5 Å². The second-order valence-electron chi connectivity index (χ2n) is 5.16. The Bertz CT molecular complexity index is 474. The molecule has 1 aromatic carbocycles. The smallest absolute Gasteiger partial charge is 0.410 e. The quantitative estimate of drug-likeness (QED) is 0.800. The predicted molar refractivity (Wildman–Crippen MR) is 77.6 cm³/mol. The van der Waals surface area contributed by atoms with E-state index < -0.39 is 0 Å². The molecule has 1 heterocycles. The summed E-state index contributed by atoms with van der Waals surface area (Å²) in [6, 6.07) is 9.44. The van der Waals surface area contributed by atoms with Gasteiger partial charge in [0.2, 0.25) is 0 Å². The minimum atomic E-state index is -0.354. The van der Waals surface area contributed by atoms with Crippen molar-refractivity contribution in [3.63, 3.8) is 0 Å². The van der Waals surface area contributed by atoms with Crippen LogP contribution >= 0.6 is 0 Å². The molecule has 21 heavy (non-hydrogen) atoms. The first-order valence-electron chi connectivity index (χ1n) is 7.25. The first kappa shape index (κ1) is 15.4. The Morgan fingerprint density at radius 2 is 2.00 bits per heavy atom. The van der Waals surface area contributed by atoms with Gasteiger partial charge in [-0.05, 0) is 24.8 Å². The van der Waals surface area contributed by atoms with E-state index in [0.717, 1.165) is 24.8 Å². The van der Waals surface area contributed by atoms with Crippen molar-refractivity contribution in [1.82, 2.24) is 4.90 Å². The summed E-state index contributed by atoms with van der Waals surface area (Å²) in [6.07, 6.45) is 2.65. The number of piperidine rings is 1. The molecule has 1 unspecified atom stereocenters. The molecule has 1 saturated heterocycles. The van der Waals surface area contributed by atoms with Crippen molar-refractivity contribution in [2.75, 3.05) is 13.7 Å². The molecule has 1 aromatic rings. The van der Waals surface area contributed by atoms with Crippen molar-refractivity contribution in [3.05, 3.63) is 35.9 Å². The van der Waals surface area contributed by atoms with Crippen LogP contribution in [0.1, 0.15) is 31.2 Å². The van der Waals surface area contributed by atoms with E-state index in [-0.39, 0.29) is 31.1 Å². The van der Waals surface area contributed by atoms with E-state index in [2.05, 4.69) is 0 Å². The van der Waals surface area contributed by atoms with Crippen molar-refractivity contribution in [1.29, 1.82) is 0 Å². The fourth-order valence-electron chi connectivity index (χ4n) is 2.53. The molecule has 2 rings (SSSR count). The summed E-state index contributed by atoms with van der Waals surface area (Å²) in [5.74, 6) is -0.289. The van der Waals surface area contributed by atoms with Gasteiger partial charge in [-0.25, -0.2) is 4.79 Å². The van der Waals surface area contributed by atoms with Gasteiger partial charge in [0.25, 0.3) is 0 Å². The van der Waals surface area contributed by atoms with Gasteiger partial charge < -0.3 is 14.4 Å². The zero-order valence-corrected chi connectivity index (χ0v) is 12.3. The van der Waals surface area contributed by atoms with Crippen LogP contribution < -0.4 is 0 Å². The van der Waals surface area contributed by atoms with E-state index in [1.807, 2.05) is 30.3 Å². The van der Waals surface area contributed by atoms with Gasteiger partial charge >= 0.3 is 12.1 Å². The summed E-state index contributed by atoms with van der Waals surface area (Å²) in [5.41, 5.74) is 0.951. The van der Waals surface area contributed by atoms with Crippen molar-refractivity contribution in [2.45, 2.75) is 38.3 Å². The number of likely N-dealkylation sites (tertiary alicyclic amines) is 1. The monoisotopic (exact) mass is 291 g/mol. The summed E-state index contributed by atoms with van der Waals surface area (Å²) >= 11 is 0. The van der Waals surface area contributed by atoms with Gasteiger partial charge in [0.15, 0.2) is 0 Å². The Balaban J connectivity index is 1.90. The number of esters is 1. The van der Waals surface area contributed by atoms with Crippen LogP contribution in [0.15, 0.2) is 30.3 Å². The zero-order chi connectivity index (χ0) is 15.1. The number of hydrogen-bond acceptors (Lipinski definition) is 4. The summed E-state index contributed by atoms with van der Waals surface area (Å²) < 4.78 is 10.0. The van der Waals surface area contributed by atoms with Gasteiger partial charge in [-0.2, -0.15) is 0 Å². The van der Waals surface area contributed by atoms with E-state index in [9.17, 15) is 9.59 Å². The Labute approximate surface area is 124 Å². The Hall–Kier alpha value is -2.04. The van der Waals surface area contributed by atoms with Crippen molar-refractivity contribution < 1.29 is 19.1 Å². The van der Waals surface area contributed by atoms with E-state index in [1.54, 1.807) is 4.90 Å². The second-order valence-corrected chi connectivity index (χ2v) is 5.16. The van der Waals surface area contributed by atoms with Gasteiger partial charge in [-0.3, -0.25) is 4.79 Å². The molecule has 114 valence electrons. The highest BCUT2D eigenvalue weighted by Crippen LogP contribution is 2.21. The highest BCUT2D eigenvalue weighted by atomic mass is 16.6. The molecule has 1 amide bonds. The fourth-order valence-corrected chi connectivity index (χ4v) is 2.53. The number of carbonyl (C=O) groups is 2. The van der Waals surface area contributed by atoms with Crippen LogP contribution in [0.5, 0.6) is 0 Å². The minimum absolute atomic E-state index is 0.116. The molecular weight excluding hydrogens is 270 g/mol. The molecule has 1 atom stereocenters. The maximum atomic E-state index is 12.2. The molecule has 5 heteroatoms. The lowest BCUT2D eigenvalue weighted by atomic mass is 10.00. The van der Waals surface area contributed by atoms with Gasteiger partial charge in [-0.15, -0.1) is 0 Å². The van der Waals surface area contributed by atoms with Gasteiger partial charge in [-0.1, -0.05) is 30.3 Å². The third-order valence-electron chi connectivity index (χ3n) is 3.70. The third kappa shape index (κ3) is 4.48. The van der Waals surface area contributed by atoms with Crippen molar-refractivity contribution >= 4 is 12.1 Å². The SMILES string of the molecule is COC(=O)CC1CCCCN1C(=O)OCc1ccccc1. The normalized spacial score (nSPS) is 18.1. The molecule has 0 aliphatic carbocycles. The fraction of sp³-hybridized carbons (Fsp3) is 0.500. The summed E-state index contributed by atoms with van der Waals surface area (Å²) in [4.78, 5) is 25.3. The van der Waals surface area contributed by atoms with Crippen LogP contribution in [0.2, 0.25) is 0 Å². The van der Waals surface area contributed by atoms with Crippen molar-refractivity contribution in [2.24, 2.45) is 0 Å². The average Bonchev–Trinajstić information content (AvgIpc) is 2.54. The molecule has 1 aliphatic heterocycles. The Morgan fingerprint density at radius 3 is 2.71 bits per heavy atom. The largest absolute Gasteiger partial charge is 0.469 e. The maximum Gasteiger partial charge on any atom is 0.410 e. The van der Waals surface area contributed by atoms with Crippen LogP contribution in [0.3, 0.4) is 0 Å². The van der Waals surface area contributed by atoms with Crippen molar-refractivity contribution in [3.8, 4) is 0 Å². The lowest BCUT2D eigenvalue weighted by Gasteiger charge is -2.34. The van der Waals surface area contributed by atoms with Crippen LogP contribution in [-0.4, -0.2) is 36.7 Å². The number of ether oxygens (including phenoxy) is 2. The first-order chi connectivity index (χ1) is 10.2. The average molecular weight is 291 g/mol. The first-order valence-corrected chi connectivity index (χ1v) is 7.25. The number of hydrogen-bond donors (Lipinski definition) is 0. The maximum absolute atomic E-state index is 12.2. The van der Waals surface area contributed by atoms with Crippen LogP contribution in [0, 0.1) is 0 Å². The predicted octanol–water partition coefficient (Wildman–Crippen LogP) is 2.74. The molecule has 0 saturated carbocycles. The lowest BCUT2D eigenvalue weighted by molar-refractivity contribution is -0.142. The molecule has 0 spiro atoms. The molecule has 1 fully saturated rings. The van der Waals surface area contributed by atoms with Crippen LogP contribution in [-0.2, 0) is 20.9 Å². The molecule has 0 bridgehead atoms. The summed E-state index contributed by atoms with van der Waals surface area (Å²) in [6.45, 7) is 0.885. The zero-order valence-electron chi connectivity index (χ0n) is 12.3. The minimum Gasteiger partial charge on any atom is -0.469 e. The van der Waals surface area contributed by atoms with Crippen LogP contribution in [0.4, 0.5) is 4.79 Å². The lowest BCUT2D eigenvalue weighted by Crippen LogP contribution is -2.45. The molecule has 0 aromatic heterocycles. The van der Waals surface area contributed by atoms with E-state index in [1.165, 1.54) is 7.11 Å². The highest BCUT2D eigenvalue weighted by Gasteiger charge is 2.29. The number of amides is 1.